The van der Waals surface area contributed by atoms with Crippen LogP contribution in [0.15, 0.2) is 24.3 Å². The maximum atomic E-state index is 10.6. The fraction of sp³-hybridized carbons (Fsp3) is 0.700. The van der Waals surface area contributed by atoms with E-state index in [-0.39, 0.29) is 10.6 Å². The molecule has 0 atom stereocenters. The van der Waals surface area contributed by atoms with E-state index < -0.39 is 0 Å². The molecule has 0 bridgehead atoms. The van der Waals surface area contributed by atoms with E-state index >= 15 is 0 Å². The fourth-order valence-electron chi connectivity index (χ4n) is 2.99. The maximum Gasteiger partial charge on any atom is 0.269 e. The Kier molecular flexibility index (Phi) is 11.1. The number of rotatable bonds is 14. The molecular formula is C20H34N2O2. The third-order valence-corrected chi connectivity index (χ3v) is 4.61. The van der Waals surface area contributed by atoms with E-state index in [1.807, 2.05) is 12.1 Å². The first-order valence-electron chi connectivity index (χ1n) is 9.63. The average Bonchev–Trinajstić information content (AvgIpc) is 2.60. The van der Waals surface area contributed by atoms with Gasteiger partial charge in [-0.2, -0.15) is 0 Å². The molecule has 0 aliphatic heterocycles. The van der Waals surface area contributed by atoms with E-state index in [2.05, 4.69) is 18.7 Å². The van der Waals surface area contributed by atoms with Gasteiger partial charge < -0.3 is 4.90 Å². The molecule has 1 rings (SSSR count). The summed E-state index contributed by atoms with van der Waals surface area (Å²) in [7, 11) is 0. The number of non-ortho nitro benzene ring substituents is 1. The van der Waals surface area contributed by atoms with Gasteiger partial charge in [0.1, 0.15) is 0 Å². The summed E-state index contributed by atoms with van der Waals surface area (Å²) >= 11 is 0. The Labute approximate surface area is 147 Å². The summed E-state index contributed by atoms with van der Waals surface area (Å²) in [5, 5.41) is 10.6. The molecule has 4 nitrogen and oxygen atoms in total. The smallest absolute Gasteiger partial charge is 0.269 e. The van der Waals surface area contributed by atoms with Crippen molar-refractivity contribution in [3.63, 3.8) is 0 Å². The van der Waals surface area contributed by atoms with Gasteiger partial charge in [0.05, 0.1) is 4.92 Å². The van der Waals surface area contributed by atoms with Gasteiger partial charge >= 0.3 is 0 Å². The molecule has 136 valence electrons. The van der Waals surface area contributed by atoms with Crippen molar-refractivity contribution >= 4 is 5.69 Å². The van der Waals surface area contributed by atoms with Crippen LogP contribution in [0, 0.1) is 10.1 Å². The van der Waals surface area contributed by atoms with Gasteiger partial charge in [0.15, 0.2) is 0 Å². The highest BCUT2D eigenvalue weighted by atomic mass is 16.6. The van der Waals surface area contributed by atoms with Crippen molar-refractivity contribution in [2.24, 2.45) is 0 Å². The normalized spacial score (nSPS) is 11.1. The summed E-state index contributed by atoms with van der Waals surface area (Å²) in [5.74, 6) is 0. The molecule has 0 unspecified atom stereocenters. The number of nitro benzene ring substituents is 1. The van der Waals surface area contributed by atoms with Gasteiger partial charge in [0, 0.05) is 12.1 Å². The van der Waals surface area contributed by atoms with Gasteiger partial charge in [-0.3, -0.25) is 10.1 Å². The molecule has 0 spiro atoms. The number of hydrogen-bond acceptors (Lipinski definition) is 3. The SMILES string of the molecule is CCCCCCCCN(CC)CCCCc1ccc([N+](=O)[O-])cc1. The summed E-state index contributed by atoms with van der Waals surface area (Å²) in [4.78, 5) is 12.8. The van der Waals surface area contributed by atoms with Gasteiger partial charge in [-0.1, -0.05) is 58.1 Å². The molecular weight excluding hydrogens is 300 g/mol. The summed E-state index contributed by atoms with van der Waals surface area (Å²) in [5.41, 5.74) is 1.37. The van der Waals surface area contributed by atoms with E-state index in [0.29, 0.717) is 0 Å². The second-order valence-corrected chi connectivity index (χ2v) is 6.58. The lowest BCUT2D eigenvalue weighted by Gasteiger charge is -2.20. The lowest BCUT2D eigenvalue weighted by atomic mass is 10.1. The molecule has 0 aliphatic rings. The first kappa shape index (κ1) is 20.6. The molecule has 0 aromatic heterocycles. The molecule has 0 heterocycles. The van der Waals surface area contributed by atoms with E-state index in [1.54, 1.807) is 12.1 Å². The zero-order chi connectivity index (χ0) is 17.6. The van der Waals surface area contributed by atoms with Crippen LogP contribution in [0.1, 0.15) is 70.8 Å². The second kappa shape index (κ2) is 12.9. The fourth-order valence-corrected chi connectivity index (χ4v) is 2.99. The number of hydrogen-bond donors (Lipinski definition) is 0. The molecule has 24 heavy (non-hydrogen) atoms. The molecule has 0 saturated carbocycles. The highest BCUT2D eigenvalue weighted by Crippen LogP contribution is 2.14. The Morgan fingerprint density at radius 2 is 1.46 bits per heavy atom. The van der Waals surface area contributed by atoms with E-state index in [9.17, 15) is 10.1 Å². The van der Waals surface area contributed by atoms with Crippen LogP contribution in [-0.2, 0) is 6.42 Å². The van der Waals surface area contributed by atoms with E-state index in [1.165, 1.54) is 63.6 Å². The van der Waals surface area contributed by atoms with Crippen molar-refractivity contribution < 1.29 is 4.92 Å². The van der Waals surface area contributed by atoms with Gasteiger partial charge in [0.2, 0.25) is 0 Å². The second-order valence-electron chi connectivity index (χ2n) is 6.58. The first-order valence-corrected chi connectivity index (χ1v) is 9.63. The molecule has 0 amide bonds. The number of nitro groups is 1. The van der Waals surface area contributed by atoms with Crippen molar-refractivity contribution in [3.05, 3.63) is 39.9 Å². The summed E-state index contributed by atoms with van der Waals surface area (Å²) in [6.45, 7) is 8.02. The molecule has 0 N–H and O–H groups in total. The molecule has 0 saturated heterocycles. The van der Waals surface area contributed by atoms with Crippen molar-refractivity contribution in [2.45, 2.75) is 71.6 Å². The quantitative estimate of drug-likeness (QED) is 0.253. The average molecular weight is 335 g/mol. The minimum absolute atomic E-state index is 0.176. The van der Waals surface area contributed by atoms with Crippen LogP contribution >= 0.6 is 0 Å². The van der Waals surface area contributed by atoms with Gasteiger partial charge in [-0.05, 0) is 50.9 Å². The molecule has 0 radical (unpaired) electrons. The van der Waals surface area contributed by atoms with Crippen LogP contribution in [0.4, 0.5) is 5.69 Å². The Bertz CT molecular complexity index is 445. The Balaban J connectivity index is 2.12. The molecule has 0 aliphatic carbocycles. The standard InChI is InChI=1S/C20H34N2O2/c1-3-5-6-7-8-10-17-21(4-2)18-11-9-12-19-13-15-20(16-14-19)22(23)24/h13-16H,3-12,17-18H2,1-2H3. The Hall–Kier alpha value is -1.42. The predicted molar refractivity (Wildman–Crippen MR) is 102 cm³/mol. The molecule has 0 fully saturated rings. The molecule has 1 aromatic rings. The van der Waals surface area contributed by atoms with Crippen molar-refractivity contribution in [1.29, 1.82) is 0 Å². The van der Waals surface area contributed by atoms with E-state index in [4.69, 9.17) is 0 Å². The van der Waals surface area contributed by atoms with E-state index in [0.717, 1.165) is 19.4 Å². The minimum atomic E-state index is -0.342. The molecule has 4 heteroatoms. The topological polar surface area (TPSA) is 46.4 Å². The number of aryl methyl sites for hydroxylation is 1. The van der Waals surface area contributed by atoms with Crippen molar-refractivity contribution in [1.82, 2.24) is 4.90 Å². The zero-order valence-electron chi connectivity index (χ0n) is 15.5. The van der Waals surface area contributed by atoms with Crippen molar-refractivity contribution in [3.8, 4) is 0 Å². The van der Waals surface area contributed by atoms with Crippen molar-refractivity contribution in [2.75, 3.05) is 19.6 Å². The van der Waals surface area contributed by atoms with Crippen LogP contribution in [0.25, 0.3) is 0 Å². The highest BCUT2D eigenvalue weighted by Gasteiger charge is 2.05. The summed E-state index contributed by atoms with van der Waals surface area (Å²) < 4.78 is 0. The monoisotopic (exact) mass is 334 g/mol. The third kappa shape index (κ3) is 9.02. The maximum absolute atomic E-state index is 10.6. The number of nitrogens with zero attached hydrogens (tertiary/aromatic N) is 2. The first-order chi connectivity index (χ1) is 11.7. The summed E-state index contributed by atoms with van der Waals surface area (Å²) in [6, 6.07) is 6.97. The Morgan fingerprint density at radius 1 is 0.875 bits per heavy atom. The zero-order valence-corrected chi connectivity index (χ0v) is 15.5. The van der Waals surface area contributed by atoms with Gasteiger partial charge in [-0.15, -0.1) is 0 Å². The van der Waals surface area contributed by atoms with Crippen LogP contribution in [0.3, 0.4) is 0 Å². The largest absolute Gasteiger partial charge is 0.304 e. The van der Waals surface area contributed by atoms with Crippen LogP contribution in [-0.4, -0.2) is 29.5 Å². The minimum Gasteiger partial charge on any atom is -0.304 e. The van der Waals surface area contributed by atoms with Crippen LogP contribution in [0.2, 0.25) is 0 Å². The van der Waals surface area contributed by atoms with Gasteiger partial charge in [-0.25, -0.2) is 0 Å². The third-order valence-electron chi connectivity index (χ3n) is 4.61. The number of benzene rings is 1. The van der Waals surface area contributed by atoms with Crippen LogP contribution in [0.5, 0.6) is 0 Å². The lowest BCUT2D eigenvalue weighted by Crippen LogP contribution is -2.25. The molecule has 1 aromatic carbocycles. The lowest BCUT2D eigenvalue weighted by molar-refractivity contribution is -0.384. The van der Waals surface area contributed by atoms with Crippen LogP contribution < -0.4 is 0 Å². The summed E-state index contributed by atoms with van der Waals surface area (Å²) in [6.07, 6.45) is 11.5. The predicted octanol–water partition coefficient (Wildman–Crippen LogP) is 5.60. The Morgan fingerprint density at radius 3 is 2.04 bits per heavy atom. The van der Waals surface area contributed by atoms with Gasteiger partial charge in [0.25, 0.3) is 5.69 Å². The highest BCUT2D eigenvalue weighted by molar-refractivity contribution is 5.32. The number of unbranched alkanes of at least 4 members (excludes halogenated alkanes) is 6.